The fourth-order valence-electron chi connectivity index (χ4n) is 1.39. The summed E-state index contributed by atoms with van der Waals surface area (Å²) in [5, 5.41) is 30.2. The molecule has 0 aliphatic carbocycles. The minimum absolute atomic E-state index is 0.217. The number of nitrogens with zero attached hydrogens (tertiary/aromatic N) is 1. The lowest BCUT2D eigenvalue weighted by atomic mass is 10.2. The van der Waals surface area contributed by atoms with Crippen LogP contribution in [0.2, 0.25) is 0 Å². The van der Waals surface area contributed by atoms with Gasteiger partial charge in [0.15, 0.2) is 17.2 Å². The highest BCUT2D eigenvalue weighted by Gasteiger charge is 2.13. The molecule has 6 nitrogen and oxygen atoms in total. The molecule has 0 saturated carbocycles. The number of urea groups is 1. The van der Waals surface area contributed by atoms with E-state index in [1.54, 1.807) is 4.90 Å². The second kappa shape index (κ2) is 5.29. The molecule has 1 rings (SSSR count). The second-order valence-corrected chi connectivity index (χ2v) is 3.47. The maximum Gasteiger partial charge on any atom is 0.321 e. The van der Waals surface area contributed by atoms with E-state index in [-0.39, 0.29) is 11.7 Å². The molecule has 4 N–H and O–H groups in total. The van der Waals surface area contributed by atoms with Crippen LogP contribution < -0.4 is 5.32 Å². The first-order valence-electron chi connectivity index (χ1n) is 5.30. The van der Waals surface area contributed by atoms with Crippen LogP contribution in [0.15, 0.2) is 12.1 Å². The predicted molar refractivity (Wildman–Crippen MR) is 63.4 cm³/mol. The van der Waals surface area contributed by atoms with Crippen molar-refractivity contribution in [2.45, 2.75) is 13.8 Å². The zero-order valence-corrected chi connectivity index (χ0v) is 9.77. The number of amides is 2. The number of phenolic OH excluding ortho intramolecular Hbond substituents is 3. The van der Waals surface area contributed by atoms with Gasteiger partial charge in [-0.15, -0.1) is 0 Å². The number of rotatable bonds is 3. The number of carbonyl (C=O) groups excluding carboxylic acids is 1. The van der Waals surface area contributed by atoms with E-state index in [2.05, 4.69) is 5.32 Å². The maximum absolute atomic E-state index is 11.7. The van der Waals surface area contributed by atoms with Crippen molar-refractivity contribution in [1.82, 2.24) is 4.90 Å². The third kappa shape index (κ3) is 2.93. The zero-order chi connectivity index (χ0) is 13.0. The molecular formula is C11H16N2O4. The van der Waals surface area contributed by atoms with Crippen LogP contribution in [0.3, 0.4) is 0 Å². The van der Waals surface area contributed by atoms with Crippen molar-refractivity contribution in [1.29, 1.82) is 0 Å². The lowest BCUT2D eigenvalue weighted by molar-refractivity contribution is 0.217. The van der Waals surface area contributed by atoms with Gasteiger partial charge in [0.05, 0.1) is 5.69 Å². The molecule has 2 amide bonds. The Kier molecular flexibility index (Phi) is 4.03. The van der Waals surface area contributed by atoms with Crippen LogP contribution in [0.4, 0.5) is 10.5 Å². The van der Waals surface area contributed by atoms with Crippen LogP contribution in [-0.2, 0) is 0 Å². The van der Waals surface area contributed by atoms with E-state index in [4.69, 9.17) is 5.11 Å². The maximum atomic E-state index is 11.7. The topological polar surface area (TPSA) is 93.0 Å². The van der Waals surface area contributed by atoms with E-state index in [0.717, 1.165) is 12.1 Å². The number of hydrogen-bond donors (Lipinski definition) is 4. The van der Waals surface area contributed by atoms with E-state index in [0.29, 0.717) is 13.1 Å². The Morgan fingerprint density at radius 3 is 2.06 bits per heavy atom. The van der Waals surface area contributed by atoms with Crippen molar-refractivity contribution < 1.29 is 20.1 Å². The highest BCUT2D eigenvalue weighted by molar-refractivity contribution is 5.90. The molecule has 0 aliphatic heterocycles. The van der Waals surface area contributed by atoms with E-state index in [1.165, 1.54) is 0 Å². The molecule has 0 aliphatic rings. The Morgan fingerprint density at radius 1 is 1.18 bits per heavy atom. The van der Waals surface area contributed by atoms with Crippen LogP contribution in [-0.4, -0.2) is 39.3 Å². The zero-order valence-electron chi connectivity index (χ0n) is 9.77. The summed E-state index contributed by atoms with van der Waals surface area (Å²) in [7, 11) is 0. The monoisotopic (exact) mass is 240 g/mol. The quantitative estimate of drug-likeness (QED) is 0.477. The number of anilines is 1. The van der Waals surface area contributed by atoms with Crippen molar-refractivity contribution in [2.24, 2.45) is 0 Å². The average molecular weight is 240 g/mol. The van der Waals surface area contributed by atoms with Gasteiger partial charge in [-0.05, 0) is 13.8 Å². The molecule has 6 heteroatoms. The molecule has 0 unspecified atom stereocenters. The predicted octanol–water partition coefficient (Wildman–Crippen LogP) is 1.68. The molecule has 1 aromatic rings. The van der Waals surface area contributed by atoms with Gasteiger partial charge in [-0.25, -0.2) is 4.79 Å². The highest BCUT2D eigenvalue weighted by Crippen LogP contribution is 2.37. The standard InChI is InChI=1S/C11H16N2O4/c1-3-13(4-2)11(17)12-7-5-8(14)10(16)9(15)6-7/h5-6,14-16H,3-4H2,1-2H3,(H,12,17). The minimum Gasteiger partial charge on any atom is -0.504 e. The van der Waals surface area contributed by atoms with Gasteiger partial charge >= 0.3 is 6.03 Å². The van der Waals surface area contributed by atoms with Crippen molar-refractivity contribution >= 4 is 11.7 Å². The molecule has 17 heavy (non-hydrogen) atoms. The molecule has 0 fully saturated rings. The highest BCUT2D eigenvalue weighted by atomic mass is 16.3. The first-order chi connectivity index (χ1) is 7.99. The Labute approximate surface area is 99.1 Å². The summed E-state index contributed by atoms with van der Waals surface area (Å²) in [5.74, 6) is -1.58. The fourth-order valence-corrected chi connectivity index (χ4v) is 1.39. The number of aromatic hydroxyl groups is 3. The summed E-state index contributed by atoms with van der Waals surface area (Å²) in [6.07, 6.45) is 0. The fraction of sp³-hybridized carbons (Fsp3) is 0.364. The Hall–Kier alpha value is -2.11. The lowest BCUT2D eigenvalue weighted by Gasteiger charge is -2.19. The summed E-state index contributed by atoms with van der Waals surface area (Å²) in [5.41, 5.74) is 0.217. The van der Waals surface area contributed by atoms with Gasteiger partial charge in [-0.1, -0.05) is 0 Å². The Morgan fingerprint density at radius 2 is 1.65 bits per heavy atom. The third-order valence-corrected chi connectivity index (χ3v) is 2.37. The molecule has 0 aromatic heterocycles. The van der Waals surface area contributed by atoms with Crippen LogP contribution in [0.25, 0.3) is 0 Å². The van der Waals surface area contributed by atoms with Gasteiger partial charge in [-0.2, -0.15) is 0 Å². The summed E-state index contributed by atoms with van der Waals surface area (Å²) >= 11 is 0. The van der Waals surface area contributed by atoms with Crippen molar-refractivity contribution in [3.05, 3.63) is 12.1 Å². The molecule has 0 atom stereocenters. The smallest absolute Gasteiger partial charge is 0.321 e. The summed E-state index contributed by atoms with van der Waals surface area (Å²) < 4.78 is 0. The summed E-state index contributed by atoms with van der Waals surface area (Å²) in [6.45, 7) is 4.79. The SMILES string of the molecule is CCN(CC)C(=O)Nc1cc(O)c(O)c(O)c1. The van der Waals surface area contributed by atoms with Crippen LogP contribution in [0.5, 0.6) is 17.2 Å². The second-order valence-electron chi connectivity index (χ2n) is 3.47. The first-order valence-corrected chi connectivity index (χ1v) is 5.30. The van der Waals surface area contributed by atoms with E-state index < -0.39 is 17.2 Å². The van der Waals surface area contributed by atoms with Gasteiger partial charge < -0.3 is 25.5 Å². The normalized spacial score (nSPS) is 10.0. The number of nitrogens with one attached hydrogen (secondary N) is 1. The number of benzene rings is 1. The molecular weight excluding hydrogens is 224 g/mol. The van der Waals surface area contributed by atoms with Crippen molar-refractivity contribution in [2.75, 3.05) is 18.4 Å². The van der Waals surface area contributed by atoms with Gasteiger partial charge in [0, 0.05) is 25.2 Å². The van der Waals surface area contributed by atoms with Gasteiger partial charge in [-0.3, -0.25) is 0 Å². The van der Waals surface area contributed by atoms with Crippen LogP contribution in [0.1, 0.15) is 13.8 Å². The van der Waals surface area contributed by atoms with E-state index in [9.17, 15) is 15.0 Å². The molecule has 0 radical (unpaired) electrons. The number of hydrogen-bond acceptors (Lipinski definition) is 4. The molecule has 0 heterocycles. The first kappa shape index (κ1) is 13.0. The van der Waals surface area contributed by atoms with Gasteiger partial charge in [0.1, 0.15) is 0 Å². The summed E-state index contributed by atoms with van der Waals surface area (Å²) in [4.78, 5) is 13.2. The van der Waals surface area contributed by atoms with Gasteiger partial charge in [0.25, 0.3) is 0 Å². The third-order valence-electron chi connectivity index (χ3n) is 2.37. The molecule has 0 bridgehead atoms. The van der Waals surface area contributed by atoms with E-state index in [1.807, 2.05) is 13.8 Å². The van der Waals surface area contributed by atoms with Crippen molar-refractivity contribution in [3.8, 4) is 17.2 Å². The minimum atomic E-state index is -0.606. The van der Waals surface area contributed by atoms with E-state index >= 15 is 0 Å². The summed E-state index contributed by atoms with van der Waals surface area (Å²) in [6, 6.07) is 1.99. The molecule has 0 saturated heterocycles. The largest absolute Gasteiger partial charge is 0.504 e. The Bertz CT molecular complexity index is 393. The average Bonchev–Trinajstić information content (AvgIpc) is 2.27. The molecule has 1 aromatic carbocycles. The number of phenols is 3. The molecule has 94 valence electrons. The van der Waals surface area contributed by atoms with Crippen LogP contribution in [0, 0.1) is 0 Å². The van der Waals surface area contributed by atoms with Crippen LogP contribution >= 0.6 is 0 Å². The molecule has 0 spiro atoms. The number of carbonyl (C=O) groups is 1. The van der Waals surface area contributed by atoms with Crippen molar-refractivity contribution in [3.63, 3.8) is 0 Å². The lowest BCUT2D eigenvalue weighted by Crippen LogP contribution is -2.34. The van der Waals surface area contributed by atoms with Gasteiger partial charge in [0.2, 0.25) is 0 Å². The Balaban J connectivity index is 2.85.